The molecule has 0 bridgehead atoms. The molecule has 3 nitrogen and oxygen atoms in total. The summed E-state index contributed by atoms with van der Waals surface area (Å²) in [6, 6.07) is 0.263. The number of hydrogen-bond donors (Lipinski definition) is 1. The summed E-state index contributed by atoms with van der Waals surface area (Å²) in [6.45, 7) is 11.5. The topological polar surface area (TPSA) is 46.3 Å². The van der Waals surface area contributed by atoms with Crippen molar-refractivity contribution in [2.45, 2.75) is 40.7 Å². The van der Waals surface area contributed by atoms with Gasteiger partial charge in [-0.2, -0.15) is 0 Å². The summed E-state index contributed by atoms with van der Waals surface area (Å²) in [7, 11) is 0. The Balaban J connectivity index is 0. The Bertz CT molecular complexity index is 183. The minimum absolute atomic E-state index is 0. The monoisotopic (exact) mass is 236 g/mol. The average molecular weight is 237 g/mol. The fourth-order valence-electron chi connectivity index (χ4n) is 1.33. The molecule has 0 aliphatic rings. The summed E-state index contributed by atoms with van der Waals surface area (Å²) >= 11 is 0. The Labute approximate surface area is 99.8 Å². The van der Waals surface area contributed by atoms with Crippen molar-refractivity contribution < 1.29 is 4.79 Å². The summed E-state index contributed by atoms with van der Waals surface area (Å²) in [5.74, 6) is 0.624. The van der Waals surface area contributed by atoms with Crippen molar-refractivity contribution in [2.24, 2.45) is 17.6 Å². The highest BCUT2D eigenvalue weighted by Crippen LogP contribution is 2.09. The van der Waals surface area contributed by atoms with Crippen LogP contribution in [0.15, 0.2) is 0 Å². The van der Waals surface area contributed by atoms with E-state index >= 15 is 0 Å². The van der Waals surface area contributed by atoms with E-state index in [1.54, 1.807) is 0 Å². The van der Waals surface area contributed by atoms with E-state index < -0.39 is 0 Å². The summed E-state index contributed by atoms with van der Waals surface area (Å²) in [5.41, 5.74) is 5.49. The Morgan fingerprint density at radius 2 is 1.67 bits per heavy atom. The maximum Gasteiger partial charge on any atom is 0.226 e. The molecule has 0 saturated carbocycles. The molecule has 0 aliphatic carbocycles. The van der Waals surface area contributed by atoms with E-state index in [0.717, 1.165) is 6.54 Å². The van der Waals surface area contributed by atoms with E-state index in [2.05, 4.69) is 13.8 Å². The number of carbonyl (C=O) groups excluding carboxylic acids is 1. The molecule has 92 valence electrons. The summed E-state index contributed by atoms with van der Waals surface area (Å²) in [5, 5.41) is 0. The molecule has 0 heterocycles. The van der Waals surface area contributed by atoms with Gasteiger partial charge < -0.3 is 10.6 Å². The number of carbonyl (C=O) groups is 1. The Morgan fingerprint density at radius 3 is 1.93 bits per heavy atom. The molecule has 2 N–H and O–H groups in total. The van der Waals surface area contributed by atoms with Crippen LogP contribution < -0.4 is 5.73 Å². The molecule has 0 rings (SSSR count). The zero-order chi connectivity index (χ0) is 11.3. The Hall–Kier alpha value is -0.280. The predicted molar refractivity (Wildman–Crippen MR) is 67.2 cm³/mol. The van der Waals surface area contributed by atoms with E-state index in [-0.39, 0.29) is 30.3 Å². The van der Waals surface area contributed by atoms with Gasteiger partial charge in [-0.3, -0.25) is 4.79 Å². The van der Waals surface area contributed by atoms with Crippen LogP contribution in [0.5, 0.6) is 0 Å². The molecule has 1 amide bonds. The number of rotatable bonds is 5. The molecular weight excluding hydrogens is 212 g/mol. The average Bonchev–Trinajstić information content (AvgIpc) is 2.11. The second kappa shape index (κ2) is 7.94. The van der Waals surface area contributed by atoms with Crippen LogP contribution in [0.3, 0.4) is 0 Å². The molecule has 0 aromatic rings. The van der Waals surface area contributed by atoms with E-state index in [1.807, 2.05) is 25.7 Å². The molecule has 0 saturated heterocycles. The molecule has 1 unspecified atom stereocenters. The summed E-state index contributed by atoms with van der Waals surface area (Å²) in [4.78, 5) is 13.8. The summed E-state index contributed by atoms with van der Waals surface area (Å²) in [6.07, 6.45) is 0. The normalized spacial score (nSPS) is 12.5. The SMILES string of the molecule is CC(C)CN(C(=O)C(C)CN)C(C)C.Cl. The lowest BCUT2D eigenvalue weighted by molar-refractivity contribution is -0.137. The van der Waals surface area contributed by atoms with Crippen LogP contribution in [-0.4, -0.2) is 29.9 Å². The minimum atomic E-state index is -0.0591. The highest BCUT2D eigenvalue weighted by molar-refractivity contribution is 5.85. The van der Waals surface area contributed by atoms with Crippen LogP contribution >= 0.6 is 12.4 Å². The molecular formula is C11H25ClN2O. The molecule has 15 heavy (non-hydrogen) atoms. The van der Waals surface area contributed by atoms with Gasteiger partial charge in [0.2, 0.25) is 5.91 Å². The maximum absolute atomic E-state index is 11.9. The third-order valence-corrected chi connectivity index (χ3v) is 2.24. The van der Waals surface area contributed by atoms with Gasteiger partial charge in [-0.05, 0) is 19.8 Å². The number of nitrogens with zero attached hydrogens (tertiary/aromatic N) is 1. The van der Waals surface area contributed by atoms with Crippen molar-refractivity contribution in [3.63, 3.8) is 0 Å². The van der Waals surface area contributed by atoms with Crippen molar-refractivity contribution in [1.29, 1.82) is 0 Å². The first kappa shape index (κ1) is 17.1. The van der Waals surface area contributed by atoms with E-state index in [9.17, 15) is 4.79 Å². The van der Waals surface area contributed by atoms with Crippen LogP contribution in [-0.2, 0) is 4.79 Å². The van der Waals surface area contributed by atoms with Crippen molar-refractivity contribution in [2.75, 3.05) is 13.1 Å². The third kappa shape index (κ3) is 6.00. The van der Waals surface area contributed by atoms with Gasteiger partial charge in [0.15, 0.2) is 0 Å². The van der Waals surface area contributed by atoms with Crippen molar-refractivity contribution in [1.82, 2.24) is 4.90 Å². The summed E-state index contributed by atoms with van der Waals surface area (Å²) < 4.78 is 0. The fourth-order valence-corrected chi connectivity index (χ4v) is 1.33. The molecule has 0 radical (unpaired) electrons. The van der Waals surface area contributed by atoms with Gasteiger partial charge in [-0.15, -0.1) is 12.4 Å². The van der Waals surface area contributed by atoms with E-state index in [4.69, 9.17) is 5.73 Å². The van der Waals surface area contributed by atoms with Gasteiger partial charge in [-0.25, -0.2) is 0 Å². The van der Waals surface area contributed by atoms with Gasteiger partial charge in [0.1, 0.15) is 0 Å². The molecule has 0 aliphatic heterocycles. The van der Waals surface area contributed by atoms with Crippen LogP contribution in [0, 0.1) is 11.8 Å². The lowest BCUT2D eigenvalue weighted by atomic mass is 10.1. The number of halogens is 1. The molecule has 0 fully saturated rings. The maximum atomic E-state index is 11.9. The zero-order valence-corrected chi connectivity index (χ0v) is 11.3. The standard InChI is InChI=1S/C11H24N2O.ClH/c1-8(2)7-13(9(3)4)11(14)10(5)6-12;/h8-10H,6-7,12H2,1-5H3;1H. The fraction of sp³-hybridized carbons (Fsp3) is 0.909. The third-order valence-electron chi connectivity index (χ3n) is 2.24. The second-order valence-electron chi connectivity index (χ2n) is 4.61. The number of hydrogen-bond acceptors (Lipinski definition) is 2. The predicted octanol–water partition coefficient (Wildman–Crippen LogP) is 1.90. The molecule has 0 aromatic carbocycles. The lowest BCUT2D eigenvalue weighted by Gasteiger charge is -2.30. The lowest BCUT2D eigenvalue weighted by Crippen LogP contribution is -2.44. The van der Waals surface area contributed by atoms with Gasteiger partial charge in [0, 0.05) is 25.0 Å². The number of amides is 1. The van der Waals surface area contributed by atoms with Gasteiger partial charge in [-0.1, -0.05) is 20.8 Å². The quantitative estimate of drug-likeness (QED) is 0.793. The Kier molecular flexibility index (Phi) is 9.07. The highest BCUT2D eigenvalue weighted by Gasteiger charge is 2.22. The van der Waals surface area contributed by atoms with Crippen LogP contribution in [0.1, 0.15) is 34.6 Å². The van der Waals surface area contributed by atoms with Gasteiger partial charge in [0.25, 0.3) is 0 Å². The Morgan fingerprint density at radius 1 is 1.20 bits per heavy atom. The highest BCUT2D eigenvalue weighted by atomic mass is 35.5. The second-order valence-corrected chi connectivity index (χ2v) is 4.61. The van der Waals surface area contributed by atoms with E-state index in [1.165, 1.54) is 0 Å². The van der Waals surface area contributed by atoms with Crippen molar-refractivity contribution in [3.8, 4) is 0 Å². The first-order valence-corrected chi connectivity index (χ1v) is 5.40. The molecule has 0 spiro atoms. The van der Waals surface area contributed by atoms with Crippen LogP contribution in [0.2, 0.25) is 0 Å². The smallest absolute Gasteiger partial charge is 0.226 e. The van der Waals surface area contributed by atoms with Gasteiger partial charge >= 0.3 is 0 Å². The van der Waals surface area contributed by atoms with Crippen molar-refractivity contribution in [3.05, 3.63) is 0 Å². The van der Waals surface area contributed by atoms with Crippen molar-refractivity contribution >= 4 is 18.3 Å². The molecule has 0 aromatic heterocycles. The minimum Gasteiger partial charge on any atom is -0.340 e. The number of nitrogens with two attached hydrogens (primary N) is 1. The van der Waals surface area contributed by atoms with E-state index in [0.29, 0.717) is 12.5 Å². The largest absolute Gasteiger partial charge is 0.340 e. The first-order chi connectivity index (χ1) is 6.40. The first-order valence-electron chi connectivity index (χ1n) is 5.40. The molecule has 1 atom stereocenters. The van der Waals surface area contributed by atoms with Gasteiger partial charge in [0.05, 0.1) is 0 Å². The molecule has 4 heteroatoms. The van der Waals surface area contributed by atoms with Crippen LogP contribution in [0.25, 0.3) is 0 Å². The van der Waals surface area contributed by atoms with Crippen LogP contribution in [0.4, 0.5) is 0 Å². The zero-order valence-electron chi connectivity index (χ0n) is 10.5.